The summed E-state index contributed by atoms with van der Waals surface area (Å²) in [4.78, 5) is 15.2. The first-order valence-electron chi connectivity index (χ1n) is 11.1. The van der Waals surface area contributed by atoms with Gasteiger partial charge in [-0.2, -0.15) is 0 Å². The SMILES string of the molecule is O=C(O)C=Cc1ccc(C(=C(c2ccc(F)cc2Cl)C2CCC2)c2ccc3nccn3c2)cc1. The molecule has 1 saturated carbocycles. The molecule has 0 atom stereocenters. The molecule has 5 rings (SSSR count). The summed E-state index contributed by atoms with van der Waals surface area (Å²) in [7, 11) is 0. The van der Waals surface area contributed by atoms with E-state index >= 15 is 0 Å². The third-order valence-corrected chi connectivity index (χ3v) is 6.61. The Hall–Kier alpha value is -3.70. The molecule has 0 bridgehead atoms. The number of fused-ring (bicyclic) bond motifs is 1. The molecule has 4 aromatic rings. The number of aromatic nitrogens is 2. The van der Waals surface area contributed by atoms with E-state index in [1.807, 2.05) is 53.2 Å². The van der Waals surface area contributed by atoms with E-state index in [2.05, 4.69) is 4.98 Å². The smallest absolute Gasteiger partial charge is 0.328 e. The number of aliphatic carboxylic acids is 1. The lowest BCUT2D eigenvalue weighted by Crippen LogP contribution is -2.15. The van der Waals surface area contributed by atoms with Crippen molar-refractivity contribution in [3.63, 3.8) is 0 Å². The number of carboxylic acids is 1. The van der Waals surface area contributed by atoms with Crippen molar-refractivity contribution in [2.45, 2.75) is 19.3 Å². The molecule has 0 radical (unpaired) electrons. The molecule has 1 fully saturated rings. The van der Waals surface area contributed by atoms with Gasteiger partial charge in [-0.25, -0.2) is 14.2 Å². The highest BCUT2D eigenvalue weighted by Crippen LogP contribution is 2.46. The lowest BCUT2D eigenvalue weighted by Gasteiger charge is -2.32. The van der Waals surface area contributed by atoms with Gasteiger partial charge in [0.15, 0.2) is 0 Å². The van der Waals surface area contributed by atoms with Crippen molar-refractivity contribution in [3.05, 3.63) is 112 Å². The van der Waals surface area contributed by atoms with Crippen LogP contribution in [-0.2, 0) is 4.79 Å². The fraction of sp³-hybridized carbons (Fsp3) is 0.143. The van der Waals surface area contributed by atoms with Crippen LogP contribution >= 0.6 is 11.6 Å². The summed E-state index contributed by atoms with van der Waals surface area (Å²) in [5, 5.41) is 9.33. The predicted octanol–water partition coefficient (Wildman–Crippen LogP) is 6.98. The van der Waals surface area contributed by atoms with Crippen molar-refractivity contribution in [1.82, 2.24) is 9.38 Å². The molecule has 170 valence electrons. The quantitative estimate of drug-likeness (QED) is 0.243. The van der Waals surface area contributed by atoms with Gasteiger partial charge >= 0.3 is 5.97 Å². The van der Waals surface area contributed by atoms with E-state index in [1.165, 1.54) is 12.1 Å². The fourth-order valence-electron chi connectivity index (χ4n) is 4.44. The zero-order chi connectivity index (χ0) is 23.7. The standard InChI is InChI=1S/C28H22ClFN2O2/c29-24-16-22(30)10-11-23(24)28(19-2-1-3-19)27(21-9-12-25-31-14-15-32(25)17-21)20-7-4-18(5-8-20)6-13-26(33)34/h4-17,19H,1-3H2,(H,33,34). The van der Waals surface area contributed by atoms with Crippen molar-refractivity contribution in [2.24, 2.45) is 5.92 Å². The first kappa shape index (κ1) is 22.1. The molecule has 0 aliphatic heterocycles. The molecule has 2 aromatic carbocycles. The largest absolute Gasteiger partial charge is 0.478 e. The van der Waals surface area contributed by atoms with E-state index in [4.69, 9.17) is 16.7 Å². The Morgan fingerprint density at radius 3 is 2.53 bits per heavy atom. The Labute approximate surface area is 201 Å². The van der Waals surface area contributed by atoms with E-state index in [0.717, 1.165) is 64.4 Å². The predicted molar refractivity (Wildman–Crippen MR) is 133 cm³/mol. The molecule has 2 heterocycles. The summed E-state index contributed by atoms with van der Waals surface area (Å²) in [6.45, 7) is 0. The summed E-state index contributed by atoms with van der Waals surface area (Å²) in [5.41, 5.74) is 6.59. The second kappa shape index (κ2) is 9.27. The van der Waals surface area contributed by atoms with Crippen molar-refractivity contribution >= 4 is 40.4 Å². The number of carboxylic acid groups (broad SMARTS) is 1. The number of hydrogen-bond acceptors (Lipinski definition) is 2. The molecule has 1 aliphatic carbocycles. The van der Waals surface area contributed by atoms with Crippen LogP contribution in [0.15, 0.2) is 79.3 Å². The zero-order valence-electron chi connectivity index (χ0n) is 18.3. The average Bonchev–Trinajstić information content (AvgIpc) is 3.25. The van der Waals surface area contributed by atoms with Gasteiger partial charge in [-0.3, -0.25) is 0 Å². The molecule has 34 heavy (non-hydrogen) atoms. The summed E-state index contributed by atoms with van der Waals surface area (Å²) >= 11 is 6.59. The highest BCUT2D eigenvalue weighted by atomic mass is 35.5. The van der Waals surface area contributed by atoms with Crippen LogP contribution in [0.5, 0.6) is 0 Å². The van der Waals surface area contributed by atoms with E-state index in [1.54, 1.807) is 18.3 Å². The topological polar surface area (TPSA) is 54.6 Å². The Morgan fingerprint density at radius 1 is 1.09 bits per heavy atom. The van der Waals surface area contributed by atoms with Crippen molar-refractivity contribution < 1.29 is 14.3 Å². The maximum absolute atomic E-state index is 13.9. The summed E-state index contributed by atoms with van der Waals surface area (Å²) in [6, 6.07) is 16.4. The molecular formula is C28H22ClFN2O2. The minimum Gasteiger partial charge on any atom is -0.478 e. The number of hydrogen-bond donors (Lipinski definition) is 1. The van der Waals surface area contributed by atoms with Crippen LogP contribution in [0.25, 0.3) is 22.9 Å². The number of halogens is 2. The van der Waals surface area contributed by atoms with Gasteiger partial charge in [-0.1, -0.05) is 48.4 Å². The highest BCUT2D eigenvalue weighted by molar-refractivity contribution is 6.32. The normalized spacial score (nSPS) is 14.9. The third-order valence-electron chi connectivity index (χ3n) is 6.30. The van der Waals surface area contributed by atoms with Gasteiger partial charge in [0.25, 0.3) is 0 Å². The Balaban J connectivity index is 1.75. The number of rotatable bonds is 6. The minimum absolute atomic E-state index is 0.308. The van der Waals surface area contributed by atoms with Crippen LogP contribution in [0.1, 0.15) is 41.5 Å². The van der Waals surface area contributed by atoms with Gasteiger partial charge in [-0.05, 0) is 82.5 Å². The molecule has 1 aliphatic rings. The molecule has 0 saturated heterocycles. The lowest BCUT2D eigenvalue weighted by atomic mass is 9.73. The van der Waals surface area contributed by atoms with Gasteiger partial charge in [0.1, 0.15) is 11.5 Å². The number of imidazole rings is 1. The van der Waals surface area contributed by atoms with E-state index in [0.29, 0.717) is 10.9 Å². The molecule has 2 aromatic heterocycles. The molecule has 0 spiro atoms. The number of benzene rings is 2. The Bertz CT molecular complexity index is 1430. The average molecular weight is 473 g/mol. The van der Waals surface area contributed by atoms with Gasteiger partial charge in [0.05, 0.1) is 5.02 Å². The van der Waals surface area contributed by atoms with Crippen LogP contribution in [0.3, 0.4) is 0 Å². The Kier molecular flexibility index (Phi) is 6.03. The number of carbonyl (C=O) groups is 1. The first-order valence-corrected chi connectivity index (χ1v) is 11.5. The van der Waals surface area contributed by atoms with Crippen molar-refractivity contribution in [3.8, 4) is 0 Å². The number of nitrogens with zero attached hydrogens (tertiary/aromatic N) is 2. The zero-order valence-corrected chi connectivity index (χ0v) is 19.0. The van der Waals surface area contributed by atoms with Crippen LogP contribution in [-0.4, -0.2) is 20.5 Å². The van der Waals surface area contributed by atoms with E-state index < -0.39 is 5.97 Å². The fourth-order valence-corrected chi connectivity index (χ4v) is 4.71. The third kappa shape index (κ3) is 4.39. The Morgan fingerprint density at radius 2 is 1.85 bits per heavy atom. The second-order valence-corrected chi connectivity index (χ2v) is 8.85. The monoisotopic (exact) mass is 472 g/mol. The first-order chi connectivity index (χ1) is 16.5. The second-order valence-electron chi connectivity index (χ2n) is 8.44. The summed E-state index contributed by atoms with van der Waals surface area (Å²) in [6.07, 6.45) is 11.6. The van der Waals surface area contributed by atoms with Crippen LogP contribution in [0, 0.1) is 11.7 Å². The number of allylic oxidation sites excluding steroid dienone is 1. The molecule has 0 unspecified atom stereocenters. The minimum atomic E-state index is -0.989. The molecule has 6 heteroatoms. The van der Waals surface area contributed by atoms with Crippen LogP contribution in [0.2, 0.25) is 5.02 Å². The van der Waals surface area contributed by atoms with Crippen molar-refractivity contribution in [2.75, 3.05) is 0 Å². The summed E-state index contributed by atoms with van der Waals surface area (Å²) < 4.78 is 15.9. The van der Waals surface area contributed by atoms with Crippen LogP contribution < -0.4 is 0 Å². The molecule has 0 amide bonds. The van der Waals surface area contributed by atoms with Gasteiger partial charge < -0.3 is 9.51 Å². The van der Waals surface area contributed by atoms with Crippen molar-refractivity contribution in [1.29, 1.82) is 0 Å². The van der Waals surface area contributed by atoms with Gasteiger partial charge in [0.2, 0.25) is 0 Å². The lowest BCUT2D eigenvalue weighted by molar-refractivity contribution is -0.131. The highest BCUT2D eigenvalue weighted by Gasteiger charge is 2.28. The maximum atomic E-state index is 13.9. The number of pyridine rings is 1. The van der Waals surface area contributed by atoms with Gasteiger partial charge in [0, 0.05) is 24.7 Å². The maximum Gasteiger partial charge on any atom is 0.328 e. The van der Waals surface area contributed by atoms with E-state index in [-0.39, 0.29) is 5.82 Å². The van der Waals surface area contributed by atoms with Crippen LogP contribution in [0.4, 0.5) is 4.39 Å². The molecule has 1 N–H and O–H groups in total. The summed E-state index contributed by atoms with van der Waals surface area (Å²) in [5.74, 6) is -1.04. The van der Waals surface area contributed by atoms with Gasteiger partial charge in [-0.15, -0.1) is 0 Å². The molecule has 4 nitrogen and oxygen atoms in total. The molecular weight excluding hydrogens is 451 g/mol. The van der Waals surface area contributed by atoms with E-state index in [9.17, 15) is 9.18 Å².